The number of nitrogens with zero attached hydrogens (tertiary/aromatic N) is 2. The van der Waals surface area contributed by atoms with E-state index in [1.54, 1.807) is 0 Å². The van der Waals surface area contributed by atoms with Gasteiger partial charge in [-0.05, 0) is 24.6 Å². The smallest absolute Gasteiger partial charge is 0.319 e. The molecule has 2 aromatic heterocycles. The summed E-state index contributed by atoms with van der Waals surface area (Å²) in [5.41, 5.74) is 2.04. The van der Waals surface area contributed by atoms with Crippen molar-refractivity contribution in [3.63, 3.8) is 0 Å². The Morgan fingerprint density at radius 3 is 2.96 bits per heavy atom. The number of para-hydroxylation sites is 2. The van der Waals surface area contributed by atoms with Gasteiger partial charge in [-0.25, -0.2) is 14.2 Å². The van der Waals surface area contributed by atoms with Crippen LogP contribution in [0.2, 0.25) is 0 Å². The fourth-order valence-corrected chi connectivity index (χ4v) is 2.22. The number of hydrogen-bond donors (Lipinski definition) is 3. The zero-order valence-corrected chi connectivity index (χ0v) is 12.3. The summed E-state index contributed by atoms with van der Waals surface area (Å²) in [7, 11) is 0. The average Bonchev–Trinajstić information content (AvgIpc) is 2.96. The number of aromatic amines is 1. The van der Waals surface area contributed by atoms with Gasteiger partial charge in [-0.1, -0.05) is 12.1 Å². The molecule has 0 bridgehead atoms. The van der Waals surface area contributed by atoms with Crippen LogP contribution in [-0.4, -0.2) is 27.5 Å². The Bertz CT molecular complexity index is 784. The van der Waals surface area contributed by atoms with Gasteiger partial charge in [0.2, 0.25) is 0 Å². The maximum Gasteiger partial charge on any atom is 0.319 e. The van der Waals surface area contributed by atoms with Crippen LogP contribution in [-0.2, 0) is 6.42 Å². The number of nitrogens with one attached hydrogen (secondary N) is 3. The summed E-state index contributed by atoms with van der Waals surface area (Å²) in [6, 6.07) is 8.78. The van der Waals surface area contributed by atoms with E-state index >= 15 is 0 Å². The van der Waals surface area contributed by atoms with E-state index in [4.69, 9.17) is 0 Å². The number of hydrogen-bond acceptors (Lipinski definition) is 3. The van der Waals surface area contributed by atoms with E-state index in [1.165, 1.54) is 12.3 Å². The van der Waals surface area contributed by atoms with Crippen LogP contribution < -0.4 is 10.6 Å². The number of anilines is 1. The Morgan fingerprint density at radius 2 is 2.13 bits per heavy atom. The lowest BCUT2D eigenvalue weighted by Gasteiger charge is -2.07. The molecule has 7 heteroatoms. The molecule has 0 aliphatic carbocycles. The van der Waals surface area contributed by atoms with Gasteiger partial charge in [0.25, 0.3) is 0 Å². The average molecular weight is 313 g/mol. The van der Waals surface area contributed by atoms with Gasteiger partial charge in [-0.3, -0.25) is 4.98 Å². The molecule has 3 rings (SSSR count). The van der Waals surface area contributed by atoms with Crippen LogP contribution in [0.25, 0.3) is 11.0 Å². The second-order valence-corrected chi connectivity index (χ2v) is 5.04. The highest BCUT2D eigenvalue weighted by molar-refractivity contribution is 5.89. The molecular weight excluding hydrogens is 297 g/mol. The van der Waals surface area contributed by atoms with Crippen LogP contribution >= 0.6 is 0 Å². The first-order valence-corrected chi connectivity index (χ1v) is 7.30. The van der Waals surface area contributed by atoms with Crippen LogP contribution in [0.4, 0.5) is 14.9 Å². The van der Waals surface area contributed by atoms with Crippen molar-refractivity contribution in [3.8, 4) is 0 Å². The largest absolute Gasteiger partial charge is 0.342 e. The molecule has 118 valence electrons. The summed E-state index contributed by atoms with van der Waals surface area (Å²) in [6.45, 7) is 0.468. The lowest BCUT2D eigenvalue weighted by Crippen LogP contribution is -2.30. The van der Waals surface area contributed by atoms with Gasteiger partial charge in [0.1, 0.15) is 5.82 Å². The number of halogens is 1. The van der Waals surface area contributed by atoms with Crippen molar-refractivity contribution >= 4 is 22.8 Å². The molecule has 6 nitrogen and oxygen atoms in total. The van der Waals surface area contributed by atoms with E-state index in [-0.39, 0.29) is 5.69 Å². The standard InChI is InChI=1S/C16H16FN5O/c17-11-10-18-9-7-12(11)22-16(23)19-8-3-6-15-20-13-4-1-2-5-14(13)21-15/h1-2,4-5,7,9-10H,3,6,8H2,(H,20,21)(H2,18,19,22,23). The lowest BCUT2D eigenvalue weighted by atomic mass is 10.3. The summed E-state index contributed by atoms with van der Waals surface area (Å²) in [6.07, 6.45) is 3.92. The van der Waals surface area contributed by atoms with E-state index in [1.807, 2.05) is 24.3 Å². The third-order valence-electron chi connectivity index (χ3n) is 3.33. The monoisotopic (exact) mass is 313 g/mol. The van der Waals surface area contributed by atoms with Crippen molar-refractivity contribution < 1.29 is 9.18 Å². The third kappa shape index (κ3) is 3.82. The number of amides is 2. The van der Waals surface area contributed by atoms with Crippen molar-refractivity contribution in [1.82, 2.24) is 20.3 Å². The number of carbonyl (C=O) groups excluding carboxylic acids is 1. The highest BCUT2D eigenvalue weighted by atomic mass is 19.1. The second-order valence-electron chi connectivity index (χ2n) is 5.04. The van der Waals surface area contributed by atoms with Gasteiger partial charge in [0.15, 0.2) is 5.82 Å². The normalized spacial score (nSPS) is 10.7. The molecule has 0 fully saturated rings. The number of aromatic nitrogens is 3. The predicted octanol–water partition coefficient (Wildman–Crippen LogP) is 2.85. The highest BCUT2D eigenvalue weighted by Crippen LogP contribution is 2.11. The van der Waals surface area contributed by atoms with E-state index in [0.29, 0.717) is 6.54 Å². The summed E-state index contributed by atoms with van der Waals surface area (Å²) in [5.74, 6) is 0.318. The van der Waals surface area contributed by atoms with E-state index < -0.39 is 11.8 Å². The van der Waals surface area contributed by atoms with Crippen molar-refractivity contribution in [2.75, 3.05) is 11.9 Å². The molecule has 23 heavy (non-hydrogen) atoms. The molecule has 3 N–H and O–H groups in total. The van der Waals surface area contributed by atoms with Gasteiger partial charge in [-0.2, -0.15) is 0 Å². The summed E-state index contributed by atoms with van der Waals surface area (Å²) < 4.78 is 13.3. The van der Waals surface area contributed by atoms with Crippen LogP contribution in [0.3, 0.4) is 0 Å². The molecule has 0 aliphatic rings. The van der Waals surface area contributed by atoms with Crippen molar-refractivity contribution in [2.45, 2.75) is 12.8 Å². The van der Waals surface area contributed by atoms with E-state index in [2.05, 4.69) is 25.6 Å². The van der Waals surface area contributed by atoms with E-state index in [0.717, 1.165) is 35.9 Å². The molecule has 2 amide bonds. The molecule has 0 atom stereocenters. The van der Waals surface area contributed by atoms with Crippen LogP contribution in [0.5, 0.6) is 0 Å². The van der Waals surface area contributed by atoms with Gasteiger partial charge in [-0.15, -0.1) is 0 Å². The van der Waals surface area contributed by atoms with Crippen molar-refractivity contribution in [3.05, 3.63) is 54.4 Å². The molecule has 0 saturated carbocycles. The Balaban J connectivity index is 1.44. The molecule has 0 unspecified atom stereocenters. The molecule has 0 radical (unpaired) electrons. The first-order chi connectivity index (χ1) is 11.2. The predicted molar refractivity (Wildman–Crippen MR) is 85.6 cm³/mol. The Labute approximate surface area is 132 Å². The van der Waals surface area contributed by atoms with Crippen LogP contribution in [0, 0.1) is 5.82 Å². The molecule has 2 heterocycles. The lowest BCUT2D eigenvalue weighted by molar-refractivity contribution is 0.252. The van der Waals surface area contributed by atoms with Crippen LogP contribution in [0.15, 0.2) is 42.7 Å². The number of fused-ring (bicyclic) bond motifs is 1. The maximum absolute atomic E-state index is 13.3. The zero-order valence-electron chi connectivity index (χ0n) is 12.3. The van der Waals surface area contributed by atoms with Gasteiger partial charge >= 0.3 is 6.03 Å². The number of imidazole rings is 1. The molecule has 0 spiro atoms. The fourth-order valence-electron chi connectivity index (χ4n) is 2.22. The molecule has 0 aliphatic heterocycles. The summed E-state index contributed by atoms with van der Waals surface area (Å²) in [4.78, 5) is 23.0. The first kappa shape index (κ1) is 15.0. The second kappa shape index (κ2) is 6.87. The Morgan fingerprint density at radius 1 is 1.26 bits per heavy atom. The number of carbonyl (C=O) groups is 1. The SMILES string of the molecule is O=C(NCCCc1nc2ccccc2[nH]1)Nc1ccncc1F. The van der Waals surface area contributed by atoms with Crippen molar-refractivity contribution in [1.29, 1.82) is 0 Å². The highest BCUT2D eigenvalue weighted by Gasteiger charge is 2.06. The number of aryl methyl sites for hydroxylation is 1. The maximum atomic E-state index is 13.3. The Kier molecular flexibility index (Phi) is 4.46. The molecule has 3 aromatic rings. The molecular formula is C16H16FN5O. The minimum atomic E-state index is -0.565. The third-order valence-corrected chi connectivity index (χ3v) is 3.33. The quantitative estimate of drug-likeness (QED) is 0.633. The number of benzene rings is 1. The molecule has 0 saturated heterocycles. The Hall–Kier alpha value is -2.96. The van der Waals surface area contributed by atoms with Crippen molar-refractivity contribution in [2.24, 2.45) is 0 Å². The minimum absolute atomic E-state index is 0.106. The zero-order chi connectivity index (χ0) is 16.1. The van der Waals surface area contributed by atoms with E-state index in [9.17, 15) is 9.18 Å². The topological polar surface area (TPSA) is 82.7 Å². The fraction of sp³-hybridized carbons (Fsp3) is 0.188. The number of H-pyrrole nitrogens is 1. The summed E-state index contributed by atoms with van der Waals surface area (Å²) in [5, 5.41) is 5.13. The van der Waals surface area contributed by atoms with Gasteiger partial charge < -0.3 is 15.6 Å². The van der Waals surface area contributed by atoms with Gasteiger partial charge in [0.05, 0.1) is 22.9 Å². The number of urea groups is 1. The number of rotatable bonds is 5. The van der Waals surface area contributed by atoms with Gasteiger partial charge in [0, 0.05) is 19.2 Å². The number of pyridine rings is 1. The first-order valence-electron chi connectivity index (χ1n) is 7.30. The molecule has 1 aromatic carbocycles. The van der Waals surface area contributed by atoms with Crippen LogP contribution in [0.1, 0.15) is 12.2 Å². The minimum Gasteiger partial charge on any atom is -0.342 e. The summed E-state index contributed by atoms with van der Waals surface area (Å²) >= 11 is 0.